The SMILES string of the molecule is Cc1ccccc1N1CCN(C(=O)c2ccc3occc3c2)C(C)C1. The number of anilines is 1. The van der Waals surface area contributed by atoms with Crippen LogP contribution in [0.3, 0.4) is 0 Å². The van der Waals surface area contributed by atoms with Crippen LogP contribution in [0, 0.1) is 6.92 Å². The average Bonchev–Trinajstić information content (AvgIpc) is 3.09. The molecule has 1 aromatic heterocycles. The maximum atomic E-state index is 13.0. The quantitative estimate of drug-likeness (QED) is 0.708. The number of rotatable bonds is 2. The standard InChI is InChI=1S/C21H22N2O2/c1-15-5-3-4-6-19(15)22-10-11-23(16(2)14-22)21(24)18-7-8-20-17(13-18)9-12-25-20/h3-9,12-13,16H,10-11,14H2,1-2H3. The highest BCUT2D eigenvalue weighted by Crippen LogP contribution is 2.24. The van der Waals surface area contributed by atoms with Crippen LogP contribution < -0.4 is 4.90 Å². The third-order valence-corrected chi connectivity index (χ3v) is 5.04. The molecule has 1 aliphatic heterocycles. The number of fused-ring (bicyclic) bond motifs is 1. The van der Waals surface area contributed by atoms with Gasteiger partial charge in [0, 0.05) is 42.3 Å². The lowest BCUT2D eigenvalue weighted by Gasteiger charge is -2.41. The number of aryl methyl sites for hydroxylation is 1. The summed E-state index contributed by atoms with van der Waals surface area (Å²) in [5.74, 6) is 0.0973. The Morgan fingerprint density at radius 1 is 1.12 bits per heavy atom. The molecule has 4 nitrogen and oxygen atoms in total. The van der Waals surface area contributed by atoms with E-state index in [1.54, 1.807) is 6.26 Å². The smallest absolute Gasteiger partial charge is 0.254 e. The molecule has 1 unspecified atom stereocenters. The Kier molecular flexibility index (Phi) is 3.96. The molecule has 1 aliphatic rings. The molecular weight excluding hydrogens is 312 g/mol. The van der Waals surface area contributed by atoms with Crippen molar-refractivity contribution < 1.29 is 9.21 Å². The van der Waals surface area contributed by atoms with Gasteiger partial charge in [-0.25, -0.2) is 0 Å². The first-order chi connectivity index (χ1) is 12.1. The van der Waals surface area contributed by atoms with E-state index in [-0.39, 0.29) is 11.9 Å². The third-order valence-electron chi connectivity index (χ3n) is 5.04. The van der Waals surface area contributed by atoms with Gasteiger partial charge < -0.3 is 14.2 Å². The number of carbonyl (C=O) groups excluding carboxylic acids is 1. The molecule has 1 fully saturated rings. The Bertz CT molecular complexity index is 915. The lowest BCUT2D eigenvalue weighted by atomic mass is 10.1. The molecule has 25 heavy (non-hydrogen) atoms. The van der Waals surface area contributed by atoms with E-state index >= 15 is 0 Å². The summed E-state index contributed by atoms with van der Waals surface area (Å²) < 4.78 is 5.36. The van der Waals surface area contributed by atoms with Crippen molar-refractivity contribution in [3.05, 3.63) is 65.9 Å². The van der Waals surface area contributed by atoms with Crippen LogP contribution in [0.4, 0.5) is 5.69 Å². The van der Waals surface area contributed by atoms with Gasteiger partial charge in [-0.15, -0.1) is 0 Å². The van der Waals surface area contributed by atoms with Gasteiger partial charge in [0.05, 0.1) is 6.26 Å². The Balaban J connectivity index is 1.52. The average molecular weight is 334 g/mol. The molecule has 0 aliphatic carbocycles. The molecule has 1 saturated heterocycles. The van der Waals surface area contributed by atoms with Crippen LogP contribution >= 0.6 is 0 Å². The second kappa shape index (κ2) is 6.28. The monoisotopic (exact) mass is 334 g/mol. The van der Waals surface area contributed by atoms with Gasteiger partial charge >= 0.3 is 0 Å². The fourth-order valence-corrected chi connectivity index (χ4v) is 3.66. The summed E-state index contributed by atoms with van der Waals surface area (Å²) in [6, 6.07) is 16.1. The first-order valence-corrected chi connectivity index (χ1v) is 8.72. The minimum atomic E-state index is 0.0973. The van der Waals surface area contributed by atoms with Gasteiger partial charge in [-0.05, 0) is 49.7 Å². The Morgan fingerprint density at radius 2 is 1.96 bits per heavy atom. The Labute approximate surface area is 147 Å². The molecule has 1 amide bonds. The van der Waals surface area contributed by atoms with Crippen molar-refractivity contribution in [2.24, 2.45) is 0 Å². The minimum Gasteiger partial charge on any atom is -0.464 e. The highest BCUT2D eigenvalue weighted by atomic mass is 16.3. The van der Waals surface area contributed by atoms with Crippen LogP contribution in [-0.2, 0) is 0 Å². The van der Waals surface area contributed by atoms with E-state index in [0.717, 1.165) is 36.2 Å². The lowest BCUT2D eigenvalue weighted by Crippen LogP contribution is -2.54. The number of furan rings is 1. The van der Waals surface area contributed by atoms with Crippen LogP contribution in [0.15, 0.2) is 59.2 Å². The minimum absolute atomic E-state index is 0.0973. The van der Waals surface area contributed by atoms with E-state index in [0.29, 0.717) is 0 Å². The van der Waals surface area contributed by atoms with Crippen LogP contribution in [0.5, 0.6) is 0 Å². The predicted octanol–water partition coefficient (Wildman–Crippen LogP) is 4.09. The number of para-hydroxylation sites is 1. The summed E-state index contributed by atoms with van der Waals surface area (Å²) in [6.07, 6.45) is 1.66. The number of carbonyl (C=O) groups is 1. The van der Waals surface area contributed by atoms with Crippen molar-refractivity contribution in [2.45, 2.75) is 19.9 Å². The molecule has 1 atom stereocenters. The fourth-order valence-electron chi connectivity index (χ4n) is 3.66. The molecule has 0 bridgehead atoms. The van der Waals surface area contributed by atoms with Gasteiger partial charge in [0.2, 0.25) is 0 Å². The van der Waals surface area contributed by atoms with Gasteiger partial charge in [0.1, 0.15) is 5.58 Å². The molecule has 0 N–H and O–H groups in total. The van der Waals surface area contributed by atoms with Gasteiger partial charge in [-0.1, -0.05) is 18.2 Å². The number of benzene rings is 2. The zero-order chi connectivity index (χ0) is 17.4. The first kappa shape index (κ1) is 15.8. The second-order valence-corrected chi connectivity index (χ2v) is 6.75. The maximum absolute atomic E-state index is 13.0. The number of hydrogen-bond donors (Lipinski definition) is 0. The zero-order valence-corrected chi connectivity index (χ0v) is 14.6. The van der Waals surface area contributed by atoms with E-state index < -0.39 is 0 Å². The van der Waals surface area contributed by atoms with E-state index in [4.69, 9.17) is 4.42 Å². The summed E-state index contributed by atoms with van der Waals surface area (Å²) >= 11 is 0. The molecule has 4 rings (SSSR count). The van der Waals surface area contributed by atoms with Crippen LogP contribution in [-0.4, -0.2) is 36.5 Å². The van der Waals surface area contributed by atoms with Gasteiger partial charge in [0.25, 0.3) is 5.91 Å². The molecule has 0 saturated carbocycles. The molecule has 0 spiro atoms. The van der Waals surface area contributed by atoms with E-state index in [1.165, 1.54) is 11.3 Å². The van der Waals surface area contributed by atoms with E-state index in [2.05, 4.69) is 43.0 Å². The van der Waals surface area contributed by atoms with Gasteiger partial charge in [-0.3, -0.25) is 4.79 Å². The highest BCUT2D eigenvalue weighted by molar-refractivity contribution is 5.98. The Morgan fingerprint density at radius 3 is 2.76 bits per heavy atom. The summed E-state index contributed by atoms with van der Waals surface area (Å²) in [7, 11) is 0. The summed E-state index contributed by atoms with van der Waals surface area (Å²) in [4.78, 5) is 17.3. The van der Waals surface area contributed by atoms with Gasteiger partial charge in [-0.2, -0.15) is 0 Å². The Hall–Kier alpha value is -2.75. The molecule has 0 radical (unpaired) electrons. The zero-order valence-electron chi connectivity index (χ0n) is 14.6. The van der Waals surface area contributed by atoms with E-state index in [1.807, 2.05) is 29.2 Å². The van der Waals surface area contributed by atoms with Crippen LogP contribution in [0.2, 0.25) is 0 Å². The van der Waals surface area contributed by atoms with Crippen molar-refractivity contribution >= 4 is 22.6 Å². The summed E-state index contributed by atoms with van der Waals surface area (Å²) in [5, 5.41) is 0.969. The molecule has 2 aromatic carbocycles. The van der Waals surface area contributed by atoms with Crippen molar-refractivity contribution in [1.29, 1.82) is 0 Å². The van der Waals surface area contributed by atoms with Crippen molar-refractivity contribution in [1.82, 2.24) is 4.90 Å². The predicted molar refractivity (Wildman–Crippen MR) is 100 cm³/mol. The molecule has 2 heterocycles. The second-order valence-electron chi connectivity index (χ2n) is 6.75. The third kappa shape index (κ3) is 2.88. The summed E-state index contributed by atoms with van der Waals surface area (Å²) in [6.45, 7) is 6.70. The topological polar surface area (TPSA) is 36.7 Å². The molecule has 128 valence electrons. The number of hydrogen-bond acceptors (Lipinski definition) is 3. The molecule has 4 heteroatoms. The highest BCUT2D eigenvalue weighted by Gasteiger charge is 2.28. The first-order valence-electron chi connectivity index (χ1n) is 8.72. The van der Waals surface area contributed by atoms with Crippen LogP contribution in [0.25, 0.3) is 11.0 Å². The summed E-state index contributed by atoms with van der Waals surface area (Å²) in [5.41, 5.74) is 4.08. The number of nitrogens with zero attached hydrogens (tertiary/aromatic N) is 2. The van der Waals surface area contributed by atoms with Crippen LogP contribution in [0.1, 0.15) is 22.8 Å². The number of piperazine rings is 1. The van der Waals surface area contributed by atoms with Crippen molar-refractivity contribution in [3.63, 3.8) is 0 Å². The normalized spacial score (nSPS) is 17.9. The van der Waals surface area contributed by atoms with E-state index in [9.17, 15) is 4.79 Å². The molecule has 3 aromatic rings. The van der Waals surface area contributed by atoms with Crippen molar-refractivity contribution in [3.8, 4) is 0 Å². The molecular formula is C21H22N2O2. The maximum Gasteiger partial charge on any atom is 0.254 e. The fraction of sp³-hybridized carbons (Fsp3) is 0.286. The largest absolute Gasteiger partial charge is 0.464 e. The van der Waals surface area contributed by atoms with Crippen molar-refractivity contribution in [2.75, 3.05) is 24.5 Å². The van der Waals surface area contributed by atoms with Gasteiger partial charge in [0.15, 0.2) is 0 Å². The lowest BCUT2D eigenvalue weighted by molar-refractivity contribution is 0.0674. The number of amides is 1.